The summed E-state index contributed by atoms with van der Waals surface area (Å²) in [6, 6.07) is 6.68. The largest absolute Gasteiger partial charge is 0.458 e. The van der Waals surface area contributed by atoms with Crippen LogP contribution in [0.15, 0.2) is 41.9 Å². The molecule has 7 heteroatoms. The molecule has 1 saturated heterocycles. The molecule has 1 heterocycles. The van der Waals surface area contributed by atoms with Gasteiger partial charge in [-0.25, -0.2) is 9.59 Å². The third-order valence-electron chi connectivity index (χ3n) is 3.59. The fraction of sp³-hybridized carbons (Fsp3) is 0.450. The highest BCUT2D eigenvalue weighted by atomic mass is 16.6. The third kappa shape index (κ3) is 6.62. The second kappa shape index (κ2) is 9.43. The quantitative estimate of drug-likeness (QED) is 0.484. The van der Waals surface area contributed by atoms with E-state index in [1.165, 1.54) is 6.08 Å². The zero-order chi connectivity index (χ0) is 19.9. The summed E-state index contributed by atoms with van der Waals surface area (Å²) in [6.07, 6.45) is 0.441. The van der Waals surface area contributed by atoms with Gasteiger partial charge in [-0.15, -0.1) is 0 Å². The monoisotopic (exact) mass is 374 g/mol. The molecule has 1 fully saturated rings. The first-order valence-electron chi connectivity index (χ1n) is 8.82. The summed E-state index contributed by atoms with van der Waals surface area (Å²) in [5.74, 6) is -0.442. The summed E-state index contributed by atoms with van der Waals surface area (Å²) >= 11 is 0. The van der Waals surface area contributed by atoms with Gasteiger partial charge in [-0.3, -0.25) is 0 Å². The van der Waals surface area contributed by atoms with Crippen molar-refractivity contribution in [3.8, 4) is 0 Å². The van der Waals surface area contributed by atoms with Crippen LogP contribution in [0.2, 0.25) is 0 Å². The minimum absolute atomic E-state index is 0.146. The van der Waals surface area contributed by atoms with Crippen LogP contribution in [0.3, 0.4) is 0 Å². The molecule has 1 unspecified atom stereocenters. The average Bonchev–Trinajstić information content (AvgIpc) is 2.63. The molecule has 146 valence electrons. The number of morpholine rings is 1. The van der Waals surface area contributed by atoms with E-state index in [1.807, 2.05) is 0 Å². The van der Waals surface area contributed by atoms with E-state index >= 15 is 0 Å². The van der Waals surface area contributed by atoms with Crippen LogP contribution in [0.5, 0.6) is 0 Å². The first-order chi connectivity index (χ1) is 12.8. The Morgan fingerprint density at radius 2 is 1.96 bits per heavy atom. The first kappa shape index (κ1) is 20.8. The van der Waals surface area contributed by atoms with E-state index in [-0.39, 0.29) is 12.7 Å². The van der Waals surface area contributed by atoms with Gasteiger partial charge in [0, 0.05) is 13.1 Å². The number of rotatable bonds is 5. The van der Waals surface area contributed by atoms with Crippen LogP contribution in [-0.2, 0) is 14.2 Å². The van der Waals surface area contributed by atoms with Gasteiger partial charge in [0.15, 0.2) is 0 Å². The van der Waals surface area contributed by atoms with Crippen molar-refractivity contribution in [3.05, 3.63) is 48.0 Å². The lowest BCUT2D eigenvalue weighted by molar-refractivity contribution is 0.0546. The fourth-order valence-electron chi connectivity index (χ4n) is 2.44. The highest BCUT2D eigenvalue weighted by Crippen LogP contribution is 2.15. The zero-order valence-electron chi connectivity index (χ0n) is 16.0. The zero-order valence-corrected chi connectivity index (χ0v) is 16.0. The summed E-state index contributed by atoms with van der Waals surface area (Å²) in [7, 11) is 0. The number of benzene rings is 1. The molecule has 1 atom stereocenters. The number of hydrogen-bond acceptors (Lipinski definition) is 6. The number of carbonyl (C=O) groups is 2. The topological polar surface area (TPSA) is 86.2 Å². The molecule has 1 aromatic carbocycles. The number of aliphatic imine (C=N–C) groups is 1. The van der Waals surface area contributed by atoms with Crippen molar-refractivity contribution in [2.24, 2.45) is 4.99 Å². The standard InChI is InChI=1S/C20H26N2O5/c1-5-11-26-18(23)15-8-6-14(7-9-15)17(16-13-21-10-12-25-16)22-19(24)27-20(2,3)4/h5-9,16,21H,1,10-13H2,2-4H3. The van der Waals surface area contributed by atoms with E-state index < -0.39 is 17.7 Å². The maximum Gasteiger partial charge on any atom is 0.434 e. The third-order valence-corrected chi connectivity index (χ3v) is 3.59. The maximum absolute atomic E-state index is 12.2. The van der Waals surface area contributed by atoms with Crippen LogP contribution in [0.4, 0.5) is 4.79 Å². The number of carbonyl (C=O) groups excluding carboxylic acids is 2. The van der Waals surface area contributed by atoms with Gasteiger partial charge in [0.05, 0.1) is 17.9 Å². The van der Waals surface area contributed by atoms with Crippen LogP contribution in [0, 0.1) is 0 Å². The van der Waals surface area contributed by atoms with Gasteiger partial charge in [0.1, 0.15) is 18.3 Å². The molecule has 0 radical (unpaired) electrons. The highest BCUT2D eigenvalue weighted by Gasteiger charge is 2.24. The van der Waals surface area contributed by atoms with Gasteiger partial charge in [0.2, 0.25) is 0 Å². The Kier molecular flexibility index (Phi) is 7.27. The molecule has 2 rings (SSSR count). The lowest BCUT2D eigenvalue weighted by Crippen LogP contribution is -2.43. The second-order valence-electron chi connectivity index (χ2n) is 7.01. The van der Waals surface area contributed by atoms with Crippen LogP contribution in [-0.4, -0.2) is 55.8 Å². The van der Waals surface area contributed by atoms with Crippen LogP contribution in [0.25, 0.3) is 0 Å². The Morgan fingerprint density at radius 1 is 1.30 bits per heavy atom. The van der Waals surface area contributed by atoms with E-state index in [4.69, 9.17) is 14.2 Å². The Morgan fingerprint density at radius 3 is 2.52 bits per heavy atom. The number of nitrogens with zero attached hydrogens (tertiary/aromatic N) is 1. The lowest BCUT2D eigenvalue weighted by Gasteiger charge is -2.25. The van der Waals surface area contributed by atoms with Crippen molar-refractivity contribution >= 4 is 17.8 Å². The van der Waals surface area contributed by atoms with Crippen molar-refractivity contribution in [2.75, 3.05) is 26.3 Å². The molecule has 0 aromatic heterocycles. The molecule has 1 N–H and O–H groups in total. The minimum atomic E-state index is -0.679. The van der Waals surface area contributed by atoms with Crippen molar-refractivity contribution in [1.82, 2.24) is 5.32 Å². The molecule has 0 spiro atoms. The van der Waals surface area contributed by atoms with Gasteiger partial charge in [-0.2, -0.15) is 4.99 Å². The van der Waals surface area contributed by atoms with Gasteiger partial charge < -0.3 is 19.5 Å². The molecule has 0 saturated carbocycles. The summed E-state index contributed by atoms with van der Waals surface area (Å²) in [4.78, 5) is 28.3. The van der Waals surface area contributed by atoms with Crippen molar-refractivity contribution in [3.63, 3.8) is 0 Å². The molecule has 0 aliphatic carbocycles. The number of ether oxygens (including phenoxy) is 3. The van der Waals surface area contributed by atoms with Crippen molar-refractivity contribution in [2.45, 2.75) is 32.5 Å². The number of esters is 1. The second-order valence-corrected chi connectivity index (χ2v) is 7.01. The molecule has 27 heavy (non-hydrogen) atoms. The summed E-state index contributed by atoms with van der Waals surface area (Å²) < 4.78 is 16.1. The molecular formula is C20H26N2O5. The van der Waals surface area contributed by atoms with E-state index in [1.54, 1.807) is 45.0 Å². The van der Waals surface area contributed by atoms with Crippen LogP contribution >= 0.6 is 0 Å². The predicted octanol–water partition coefficient (Wildman–Crippen LogP) is 2.74. The number of amides is 1. The summed E-state index contributed by atoms with van der Waals surface area (Å²) in [5, 5.41) is 3.22. The van der Waals surface area contributed by atoms with E-state index in [9.17, 15) is 9.59 Å². The maximum atomic E-state index is 12.2. The molecule has 1 amide bonds. The van der Waals surface area contributed by atoms with Gasteiger partial charge >= 0.3 is 12.1 Å². The minimum Gasteiger partial charge on any atom is -0.458 e. The Balaban J connectivity index is 2.25. The molecule has 7 nitrogen and oxygen atoms in total. The number of nitrogens with one attached hydrogen (secondary N) is 1. The lowest BCUT2D eigenvalue weighted by atomic mass is 10.0. The molecule has 1 aliphatic heterocycles. The average molecular weight is 374 g/mol. The van der Waals surface area contributed by atoms with Gasteiger partial charge in [-0.1, -0.05) is 24.8 Å². The molecule has 0 bridgehead atoms. The fourth-order valence-corrected chi connectivity index (χ4v) is 2.44. The SMILES string of the molecule is C=CCOC(=O)c1ccc(C(=NC(=O)OC(C)(C)C)C2CNCCO2)cc1. The van der Waals surface area contributed by atoms with Crippen LogP contribution < -0.4 is 5.32 Å². The van der Waals surface area contributed by atoms with E-state index in [0.29, 0.717) is 30.0 Å². The molecule has 1 aromatic rings. The first-order valence-corrected chi connectivity index (χ1v) is 8.82. The molecular weight excluding hydrogens is 348 g/mol. The van der Waals surface area contributed by atoms with E-state index in [0.717, 1.165) is 6.54 Å². The molecule has 1 aliphatic rings. The Hall–Kier alpha value is -2.51. The van der Waals surface area contributed by atoms with Gasteiger partial charge in [-0.05, 0) is 38.5 Å². The Bertz CT molecular complexity index is 698. The summed E-state index contributed by atoms with van der Waals surface area (Å²) in [6.45, 7) is 10.8. The normalized spacial score (nSPS) is 17.9. The smallest absolute Gasteiger partial charge is 0.434 e. The Labute approximate surface area is 159 Å². The van der Waals surface area contributed by atoms with E-state index in [2.05, 4.69) is 16.9 Å². The van der Waals surface area contributed by atoms with Gasteiger partial charge in [0.25, 0.3) is 0 Å². The van der Waals surface area contributed by atoms with Crippen molar-refractivity contribution < 1.29 is 23.8 Å². The predicted molar refractivity (Wildman–Crippen MR) is 102 cm³/mol. The van der Waals surface area contributed by atoms with Crippen LogP contribution in [0.1, 0.15) is 36.7 Å². The van der Waals surface area contributed by atoms with Crippen molar-refractivity contribution in [1.29, 1.82) is 0 Å². The number of hydrogen-bond donors (Lipinski definition) is 1. The highest BCUT2D eigenvalue weighted by molar-refractivity contribution is 6.08. The summed E-state index contributed by atoms with van der Waals surface area (Å²) in [5.41, 5.74) is 0.896.